The molecule has 19 nitrogen and oxygen atoms in total. The van der Waals surface area contributed by atoms with E-state index in [1.807, 2.05) is 27.7 Å². The second-order valence-corrected chi connectivity index (χ2v) is 13.6. The summed E-state index contributed by atoms with van der Waals surface area (Å²) in [6.45, 7) is 7.19. The van der Waals surface area contributed by atoms with Gasteiger partial charge < -0.3 is 30.3 Å². The molecule has 8 atom stereocenters. The third kappa shape index (κ3) is 6.98. The number of aliphatic hydroxyl groups is 2. The van der Waals surface area contributed by atoms with Crippen LogP contribution in [0.4, 0.5) is 20.7 Å². The maximum atomic E-state index is 15.7. The zero-order valence-corrected chi connectivity index (χ0v) is 28.3. The number of imidazole rings is 2. The summed E-state index contributed by atoms with van der Waals surface area (Å²) in [6.07, 6.45) is -11.1. The van der Waals surface area contributed by atoms with Gasteiger partial charge in [0.1, 0.15) is 12.2 Å². The first kappa shape index (κ1) is 35.8. The van der Waals surface area contributed by atoms with E-state index >= 15 is 8.78 Å². The zero-order chi connectivity index (χ0) is 35.9. The summed E-state index contributed by atoms with van der Waals surface area (Å²) in [6, 6.07) is 0. The number of aromatic nitrogens is 8. The minimum absolute atomic E-state index is 0.0175. The van der Waals surface area contributed by atoms with Crippen molar-refractivity contribution in [2.24, 2.45) is 11.8 Å². The lowest BCUT2D eigenvalue weighted by Crippen LogP contribution is -2.33. The quantitative estimate of drug-likeness (QED) is 0.100. The third-order valence-electron chi connectivity index (χ3n) is 8.07. The second-order valence-electron chi connectivity index (χ2n) is 12.8. The first-order chi connectivity index (χ1) is 23.9. The SMILES string of the molecule is CC(C)CNc1nc2c(ncn2[C@@H]2O[C@H](CO)[C@@H](F)[C@H]2O[P+](=O)O[C@@H]2[C@H](F)[C@@H](CO)O[C@H]2n2cnc3c(=O)[nH]c(NCC(C)C)nc32)c(=O)[nH]1. The van der Waals surface area contributed by atoms with E-state index in [9.17, 15) is 24.4 Å². The number of hydrogen-bond donors (Lipinski definition) is 6. The van der Waals surface area contributed by atoms with Gasteiger partial charge >= 0.3 is 8.25 Å². The molecule has 6 N–H and O–H groups in total. The number of hydrogen-bond acceptors (Lipinski definition) is 15. The summed E-state index contributed by atoms with van der Waals surface area (Å²) in [4.78, 5) is 47.5. The van der Waals surface area contributed by atoms with Gasteiger partial charge in [0.05, 0.1) is 25.9 Å². The van der Waals surface area contributed by atoms with E-state index in [1.54, 1.807) is 0 Å². The van der Waals surface area contributed by atoms with Crippen molar-refractivity contribution in [3.8, 4) is 0 Å². The van der Waals surface area contributed by atoms with Gasteiger partial charge in [0.25, 0.3) is 11.1 Å². The molecule has 2 aliphatic heterocycles. The fourth-order valence-corrected chi connectivity index (χ4v) is 6.46. The molecule has 0 aromatic carbocycles. The molecule has 0 saturated carbocycles. The number of nitrogens with zero attached hydrogens (tertiary/aromatic N) is 6. The van der Waals surface area contributed by atoms with Gasteiger partial charge in [-0.25, -0.2) is 18.7 Å². The van der Waals surface area contributed by atoms with Gasteiger partial charge in [-0.15, -0.1) is 9.05 Å². The van der Waals surface area contributed by atoms with Crippen LogP contribution in [0.5, 0.6) is 0 Å². The predicted molar refractivity (Wildman–Crippen MR) is 172 cm³/mol. The number of fused-ring (bicyclic) bond motifs is 2. The van der Waals surface area contributed by atoms with Gasteiger partial charge in [0.2, 0.25) is 11.9 Å². The molecule has 0 bridgehead atoms. The molecule has 4 aromatic rings. The lowest BCUT2D eigenvalue weighted by Gasteiger charge is -2.18. The topological polar surface area (TPSA) is 246 Å². The van der Waals surface area contributed by atoms with Crippen molar-refractivity contribution in [1.29, 1.82) is 0 Å². The average molecular weight is 728 g/mol. The highest BCUT2D eigenvalue weighted by Gasteiger charge is 2.56. The van der Waals surface area contributed by atoms with Crippen LogP contribution in [0.15, 0.2) is 22.2 Å². The van der Waals surface area contributed by atoms with E-state index in [2.05, 4.69) is 40.5 Å². The van der Waals surface area contributed by atoms with E-state index in [0.29, 0.717) is 13.1 Å². The van der Waals surface area contributed by atoms with E-state index in [1.165, 1.54) is 9.13 Å². The molecule has 0 amide bonds. The number of nitrogens with one attached hydrogen (secondary N) is 4. The fourth-order valence-electron chi connectivity index (χ4n) is 5.57. The second kappa shape index (κ2) is 14.7. The molecular weight excluding hydrogens is 689 g/mol. The number of alkyl halides is 2. The summed E-state index contributed by atoms with van der Waals surface area (Å²) >= 11 is 0. The molecule has 2 fully saturated rings. The van der Waals surface area contributed by atoms with Crippen molar-refractivity contribution >= 4 is 42.5 Å². The molecule has 4 aromatic heterocycles. The molecular formula is C28H38F2N10O9P+. The van der Waals surface area contributed by atoms with Crippen LogP contribution in [0.25, 0.3) is 22.3 Å². The summed E-state index contributed by atoms with van der Waals surface area (Å²) < 4.78 is 69.6. The number of halogens is 2. The molecule has 272 valence electrons. The first-order valence-corrected chi connectivity index (χ1v) is 17.0. The van der Waals surface area contributed by atoms with Crippen LogP contribution < -0.4 is 21.8 Å². The number of anilines is 2. The molecule has 0 spiro atoms. The Labute approximate surface area is 282 Å². The van der Waals surface area contributed by atoms with Gasteiger partial charge in [-0.2, -0.15) is 9.97 Å². The highest BCUT2D eigenvalue weighted by Crippen LogP contribution is 2.45. The lowest BCUT2D eigenvalue weighted by atomic mass is 10.1. The molecule has 6 heterocycles. The van der Waals surface area contributed by atoms with Gasteiger partial charge in [0, 0.05) is 17.7 Å². The maximum Gasteiger partial charge on any atom is 0.698 e. The van der Waals surface area contributed by atoms with Crippen LogP contribution >= 0.6 is 8.25 Å². The Morgan fingerprint density at radius 2 is 1.22 bits per heavy atom. The molecule has 0 aliphatic carbocycles. The van der Waals surface area contributed by atoms with Crippen LogP contribution in [-0.2, 0) is 23.1 Å². The molecule has 2 aliphatic rings. The van der Waals surface area contributed by atoms with Crippen LogP contribution in [0.2, 0.25) is 0 Å². The Hall–Kier alpha value is -3.98. The number of aromatic amines is 2. The summed E-state index contributed by atoms with van der Waals surface area (Å²) in [5, 5.41) is 25.6. The van der Waals surface area contributed by atoms with Crippen molar-refractivity contribution in [1.82, 2.24) is 39.0 Å². The van der Waals surface area contributed by atoms with Gasteiger partial charge in [-0.1, -0.05) is 27.7 Å². The monoisotopic (exact) mass is 727 g/mol. The molecule has 2 saturated heterocycles. The van der Waals surface area contributed by atoms with Gasteiger partial charge in [0.15, 0.2) is 59.3 Å². The Morgan fingerprint density at radius 3 is 1.58 bits per heavy atom. The zero-order valence-electron chi connectivity index (χ0n) is 27.4. The van der Waals surface area contributed by atoms with Gasteiger partial charge in [-0.05, 0) is 11.8 Å². The Morgan fingerprint density at radius 1 is 0.820 bits per heavy atom. The number of H-pyrrole nitrogens is 2. The average Bonchev–Trinajstić information content (AvgIpc) is 3.84. The first-order valence-electron chi connectivity index (χ1n) is 15.9. The number of aliphatic hydroxyl groups excluding tert-OH is 2. The smallest absolute Gasteiger partial charge is 0.394 e. The Bertz CT molecular complexity index is 1820. The largest absolute Gasteiger partial charge is 0.698 e. The Kier molecular flexibility index (Phi) is 10.5. The van der Waals surface area contributed by atoms with Crippen molar-refractivity contribution in [3.05, 3.63) is 33.4 Å². The van der Waals surface area contributed by atoms with Gasteiger partial charge in [-0.3, -0.25) is 28.7 Å². The van der Waals surface area contributed by atoms with Crippen LogP contribution in [0.1, 0.15) is 40.2 Å². The third-order valence-corrected chi connectivity index (χ3v) is 8.90. The molecule has 0 unspecified atom stereocenters. The fraction of sp³-hybridized carbons (Fsp3) is 0.643. The van der Waals surface area contributed by atoms with E-state index in [-0.39, 0.29) is 46.1 Å². The highest BCUT2D eigenvalue weighted by atomic mass is 31.1. The molecule has 0 radical (unpaired) electrons. The molecule has 6 rings (SSSR count). The van der Waals surface area contributed by atoms with Crippen LogP contribution in [-0.4, -0.2) is 112 Å². The highest BCUT2D eigenvalue weighted by molar-refractivity contribution is 7.33. The van der Waals surface area contributed by atoms with Crippen molar-refractivity contribution in [2.75, 3.05) is 36.9 Å². The Balaban J connectivity index is 1.27. The van der Waals surface area contributed by atoms with E-state index in [4.69, 9.17) is 18.5 Å². The maximum absolute atomic E-state index is 15.7. The summed E-state index contributed by atoms with van der Waals surface area (Å²) in [5.41, 5.74) is -1.42. The van der Waals surface area contributed by atoms with Crippen molar-refractivity contribution < 1.29 is 42.1 Å². The number of rotatable bonds is 14. The van der Waals surface area contributed by atoms with Crippen LogP contribution in [0.3, 0.4) is 0 Å². The van der Waals surface area contributed by atoms with Crippen LogP contribution in [0, 0.1) is 11.8 Å². The standard InChI is InChI=1S/C28H37F2N10O9P/c1-11(2)5-31-27-35-21-17(23(43)37-27)33-9-39(21)25-19(15(29)13(7-41)46-25)48-50(45)49-20-16(30)14(8-42)47-26(20)40-10-34-18-22(40)36-28(38-24(18)44)32-6-12(3)4/h9-16,19-20,25-26,41-42H,5-8H2,1-4H3,(H3-,31,32,35,36,37,38,43,44)/p+1/t13-,14-,15-,16-,19-,20-,25-,26-/m1/s1. The summed E-state index contributed by atoms with van der Waals surface area (Å²) in [7, 11) is -3.37. The normalized spacial score (nSPS) is 27.3. The number of ether oxygens (including phenoxy) is 2. The summed E-state index contributed by atoms with van der Waals surface area (Å²) in [5.74, 6) is 0.652. The molecule has 22 heteroatoms. The minimum atomic E-state index is -3.37. The van der Waals surface area contributed by atoms with E-state index in [0.717, 1.165) is 12.7 Å². The van der Waals surface area contributed by atoms with Crippen molar-refractivity contribution in [3.63, 3.8) is 0 Å². The van der Waals surface area contributed by atoms with E-state index < -0.39 is 81.8 Å². The lowest BCUT2D eigenvalue weighted by molar-refractivity contribution is -0.0540. The molecule has 50 heavy (non-hydrogen) atoms. The van der Waals surface area contributed by atoms with Crippen molar-refractivity contribution in [2.45, 2.75) is 76.9 Å². The minimum Gasteiger partial charge on any atom is -0.394 e. The predicted octanol–water partition coefficient (Wildman–Crippen LogP) is 1.27.